The van der Waals surface area contributed by atoms with Crippen LogP contribution in [0.15, 0.2) is 0 Å². The van der Waals surface area contributed by atoms with Crippen LogP contribution >= 0.6 is 24.8 Å². The fourth-order valence-electron chi connectivity index (χ4n) is 0.991. The minimum absolute atomic E-state index is 0. The zero-order valence-corrected chi connectivity index (χ0v) is 9.42. The van der Waals surface area contributed by atoms with Gasteiger partial charge in [0.1, 0.15) is 0 Å². The molecule has 0 spiro atoms. The fraction of sp³-hybridized carbons (Fsp3) is 1.00. The van der Waals surface area contributed by atoms with E-state index < -0.39 is 0 Å². The van der Waals surface area contributed by atoms with E-state index in [0.29, 0.717) is 6.04 Å². The molecule has 0 rings (SSSR count). The van der Waals surface area contributed by atoms with Gasteiger partial charge in [0, 0.05) is 6.04 Å². The Bertz CT molecular complexity index is 64.1. The standard InChI is InChI=1S/C8H20N2.2ClH/c1-2-3-5-8(10)6-4-7-9;;/h8H,2-7,9-10H2,1H3;2*1H. The lowest BCUT2D eigenvalue weighted by atomic mass is 10.1. The number of halogens is 2. The quantitative estimate of drug-likeness (QED) is 0.715. The molecule has 0 aliphatic carbocycles. The summed E-state index contributed by atoms with van der Waals surface area (Å²) in [6.07, 6.45) is 5.83. The summed E-state index contributed by atoms with van der Waals surface area (Å²) in [6.45, 7) is 2.97. The molecule has 0 heterocycles. The van der Waals surface area contributed by atoms with E-state index >= 15 is 0 Å². The van der Waals surface area contributed by atoms with Crippen LogP contribution in [0.25, 0.3) is 0 Å². The van der Waals surface area contributed by atoms with Crippen LogP contribution in [0.4, 0.5) is 0 Å². The van der Waals surface area contributed by atoms with Gasteiger partial charge in [0.05, 0.1) is 0 Å². The molecule has 0 saturated carbocycles. The molecule has 0 aromatic rings. The second kappa shape index (κ2) is 14.0. The van der Waals surface area contributed by atoms with Crippen LogP contribution in [-0.4, -0.2) is 12.6 Å². The summed E-state index contributed by atoms with van der Waals surface area (Å²) in [7, 11) is 0. The van der Waals surface area contributed by atoms with Crippen molar-refractivity contribution in [2.75, 3.05) is 6.54 Å². The van der Waals surface area contributed by atoms with Gasteiger partial charge in [-0.1, -0.05) is 19.8 Å². The van der Waals surface area contributed by atoms with E-state index in [9.17, 15) is 0 Å². The summed E-state index contributed by atoms with van der Waals surface area (Å²) in [5.41, 5.74) is 11.1. The summed E-state index contributed by atoms with van der Waals surface area (Å²) < 4.78 is 0. The maximum atomic E-state index is 5.79. The van der Waals surface area contributed by atoms with E-state index in [-0.39, 0.29) is 24.8 Å². The third-order valence-electron chi connectivity index (χ3n) is 1.71. The maximum Gasteiger partial charge on any atom is 0.00392 e. The third-order valence-corrected chi connectivity index (χ3v) is 1.71. The second-order valence-corrected chi connectivity index (χ2v) is 2.83. The summed E-state index contributed by atoms with van der Waals surface area (Å²) in [4.78, 5) is 0. The highest BCUT2D eigenvalue weighted by Gasteiger charge is 1.99. The van der Waals surface area contributed by atoms with Gasteiger partial charge in [-0.05, 0) is 25.8 Å². The van der Waals surface area contributed by atoms with Crippen LogP contribution < -0.4 is 11.5 Å². The fourth-order valence-corrected chi connectivity index (χ4v) is 0.991. The Labute approximate surface area is 88.3 Å². The van der Waals surface area contributed by atoms with Gasteiger partial charge in [0.25, 0.3) is 0 Å². The second-order valence-electron chi connectivity index (χ2n) is 2.83. The molecule has 0 aromatic heterocycles. The molecule has 0 bridgehead atoms. The largest absolute Gasteiger partial charge is 0.330 e. The molecule has 0 amide bonds. The predicted octanol–water partition coefficient (Wildman–Crippen LogP) is 2.09. The van der Waals surface area contributed by atoms with Gasteiger partial charge in [-0.25, -0.2) is 0 Å². The Kier molecular flexibility index (Phi) is 21.4. The minimum atomic E-state index is 0. The van der Waals surface area contributed by atoms with Crippen molar-refractivity contribution in [2.24, 2.45) is 11.5 Å². The first-order valence-electron chi connectivity index (χ1n) is 4.27. The molecule has 0 saturated heterocycles. The average molecular weight is 217 g/mol. The van der Waals surface area contributed by atoms with Gasteiger partial charge in [-0.3, -0.25) is 0 Å². The first-order valence-corrected chi connectivity index (χ1v) is 4.27. The maximum absolute atomic E-state index is 5.79. The van der Waals surface area contributed by atoms with Gasteiger partial charge < -0.3 is 11.5 Å². The van der Waals surface area contributed by atoms with Crippen LogP contribution in [0.3, 0.4) is 0 Å². The number of nitrogens with two attached hydrogens (primary N) is 2. The summed E-state index contributed by atoms with van der Waals surface area (Å²) >= 11 is 0. The Morgan fingerprint density at radius 1 is 1.08 bits per heavy atom. The van der Waals surface area contributed by atoms with Gasteiger partial charge in [-0.15, -0.1) is 24.8 Å². The molecule has 2 nitrogen and oxygen atoms in total. The highest BCUT2D eigenvalue weighted by atomic mass is 35.5. The van der Waals surface area contributed by atoms with Gasteiger partial charge in [0.2, 0.25) is 0 Å². The summed E-state index contributed by atoms with van der Waals surface area (Å²) in [5, 5.41) is 0. The third kappa shape index (κ3) is 13.1. The van der Waals surface area contributed by atoms with Crippen LogP contribution in [0, 0.1) is 0 Å². The molecular formula is C8H22Cl2N2. The normalized spacial score (nSPS) is 11.2. The van der Waals surface area contributed by atoms with Gasteiger partial charge >= 0.3 is 0 Å². The first-order chi connectivity index (χ1) is 4.81. The van der Waals surface area contributed by atoms with Crippen molar-refractivity contribution in [3.05, 3.63) is 0 Å². The number of hydrogen-bond acceptors (Lipinski definition) is 2. The lowest BCUT2D eigenvalue weighted by Crippen LogP contribution is -2.20. The summed E-state index contributed by atoms with van der Waals surface area (Å²) in [5.74, 6) is 0. The Hall–Kier alpha value is 0.500. The van der Waals surface area contributed by atoms with Crippen LogP contribution in [-0.2, 0) is 0 Å². The zero-order valence-electron chi connectivity index (χ0n) is 7.79. The van der Waals surface area contributed by atoms with Crippen LogP contribution in [0.2, 0.25) is 0 Å². The molecule has 78 valence electrons. The molecule has 1 unspecified atom stereocenters. The van der Waals surface area contributed by atoms with Gasteiger partial charge in [-0.2, -0.15) is 0 Å². The van der Waals surface area contributed by atoms with E-state index in [1.807, 2.05) is 0 Å². The van der Waals surface area contributed by atoms with Crippen molar-refractivity contribution in [1.82, 2.24) is 0 Å². The van der Waals surface area contributed by atoms with Crippen LogP contribution in [0.1, 0.15) is 39.0 Å². The Morgan fingerprint density at radius 3 is 2.00 bits per heavy atom. The first kappa shape index (κ1) is 18.3. The van der Waals surface area contributed by atoms with Crippen LogP contribution in [0.5, 0.6) is 0 Å². The zero-order chi connectivity index (χ0) is 7.82. The van der Waals surface area contributed by atoms with E-state index in [4.69, 9.17) is 11.5 Å². The van der Waals surface area contributed by atoms with Crippen molar-refractivity contribution in [3.63, 3.8) is 0 Å². The molecule has 0 radical (unpaired) electrons. The Balaban J connectivity index is -0.000000405. The van der Waals surface area contributed by atoms with E-state index in [2.05, 4.69) is 6.92 Å². The molecule has 0 aromatic carbocycles. The van der Waals surface area contributed by atoms with Crippen molar-refractivity contribution in [3.8, 4) is 0 Å². The highest BCUT2D eigenvalue weighted by Crippen LogP contribution is 2.02. The highest BCUT2D eigenvalue weighted by molar-refractivity contribution is 5.85. The lowest BCUT2D eigenvalue weighted by Gasteiger charge is -2.08. The summed E-state index contributed by atoms with van der Waals surface area (Å²) in [6, 6.07) is 0.392. The monoisotopic (exact) mass is 216 g/mol. The van der Waals surface area contributed by atoms with Crippen molar-refractivity contribution < 1.29 is 0 Å². The molecule has 0 aliphatic heterocycles. The molecule has 4 heteroatoms. The molecule has 0 aliphatic rings. The Morgan fingerprint density at radius 2 is 1.58 bits per heavy atom. The van der Waals surface area contributed by atoms with Crippen molar-refractivity contribution in [1.29, 1.82) is 0 Å². The van der Waals surface area contributed by atoms with E-state index in [1.165, 1.54) is 12.8 Å². The molecular weight excluding hydrogens is 195 g/mol. The molecule has 1 atom stereocenters. The smallest absolute Gasteiger partial charge is 0.00392 e. The van der Waals surface area contributed by atoms with Crippen molar-refractivity contribution >= 4 is 24.8 Å². The van der Waals surface area contributed by atoms with Gasteiger partial charge in [0.15, 0.2) is 0 Å². The molecule has 4 N–H and O–H groups in total. The predicted molar refractivity (Wildman–Crippen MR) is 60.3 cm³/mol. The molecule has 12 heavy (non-hydrogen) atoms. The minimum Gasteiger partial charge on any atom is -0.330 e. The number of hydrogen-bond donors (Lipinski definition) is 2. The topological polar surface area (TPSA) is 52.0 Å². The van der Waals surface area contributed by atoms with E-state index in [0.717, 1.165) is 25.8 Å². The lowest BCUT2D eigenvalue weighted by molar-refractivity contribution is 0.527. The SMILES string of the molecule is CCCCC(N)CCCN.Cl.Cl. The van der Waals surface area contributed by atoms with E-state index in [1.54, 1.807) is 0 Å². The molecule has 0 fully saturated rings. The number of rotatable bonds is 6. The number of unbranched alkanes of at least 4 members (excludes halogenated alkanes) is 1. The van der Waals surface area contributed by atoms with Crippen molar-refractivity contribution in [2.45, 2.75) is 45.1 Å². The average Bonchev–Trinajstić information content (AvgIpc) is 1.97.